The standard InChI is InChI=1S/C2H4O2.ClH.H3NO.H3N/c1-2(3)4;;1-2;/h1H3,(H,3,4);1H;2H,1H2;1H3. The maximum Gasteiger partial charge on any atom is 0.300 e. The van der Waals surface area contributed by atoms with Gasteiger partial charge in [0, 0.05) is 6.92 Å². The fraction of sp³-hybridized carbons (Fsp3) is 0.500. The molecule has 0 saturated carbocycles. The summed E-state index contributed by atoms with van der Waals surface area (Å²) in [4.78, 5) is 9.00. The van der Waals surface area contributed by atoms with Crippen LogP contribution in [0, 0.1) is 0 Å². The van der Waals surface area contributed by atoms with E-state index in [2.05, 4.69) is 5.90 Å². The second-order valence-electron chi connectivity index (χ2n) is 0.519. The molecule has 0 aliphatic rings. The van der Waals surface area contributed by atoms with Gasteiger partial charge in [0.1, 0.15) is 0 Å². The number of carbonyl (C=O) groups is 1. The average Bonchev–Trinajstić information content (AvgIpc) is 1.41. The Hall–Kier alpha value is -0.360. The Morgan fingerprint density at radius 3 is 1.50 bits per heavy atom. The van der Waals surface area contributed by atoms with Gasteiger partial charge >= 0.3 is 0 Å². The maximum atomic E-state index is 9.00. The Morgan fingerprint density at radius 2 is 1.50 bits per heavy atom. The highest BCUT2D eigenvalue weighted by molar-refractivity contribution is 5.85. The van der Waals surface area contributed by atoms with E-state index < -0.39 is 5.97 Å². The quantitative estimate of drug-likeness (QED) is 0.359. The summed E-state index contributed by atoms with van der Waals surface area (Å²) >= 11 is 0. The highest BCUT2D eigenvalue weighted by atomic mass is 35.5. The summed E-state index contributed by atoms with van der Waals surface area (Å²) in [5.41, 5.74) is 0. The first kappa shape index (κ1) is 25.4. The molecule has 54 valence electrons. The minimum Gasteiger partial charge on any atom is -0.481 e. The van der Waals surface area contributed by atoms with E-state index in [0.29, 0.717) is 0 Å². The van der Waals surface area contributed by atoms with Crippen LogP contribution >= 0.6 is 12.4 Å². The Labute approximate surface area is 53.4 Å². The first-order valence-electron chi connectivity index (χ1n) is 1.19. The summed E-state index contributed by atoms with van der Waals surface area (Å²) in [6, 6.07) is 0. The van der Waals surface area contributed by atoms with Crippen LogP contribution < -0.4 is 12.0 Å². The van der Waals surface area contributed by atoms with Crippen LogP contribution in [0.5, 0.6) is 0 Å². The normalized spacial score (nSPS) is 3.88. The number of rotatable bonds is 0. The predicted octanol–water partition coefficient (Wildman–Crippen LogP) is 0.00900. The van der Waals surface area contributed by atoms with Gasteiger partial charge in [0.2, 0.25) is 0 Å². The lowest BCUT2D eigenvalue weighted by Gasteiger charge is -1.59. The molecule has 0 rings (SSSR count). The molecule has 0 heterocycles. The third-order valence-electron chi connectivity index (χ3n) is 0. The van der Waals surface area contributed by atoms with E-state index >= 15 is 0 Å². The van der Waals surface area contributed by atoms with Gasteiger partial charge in [-0.3, -0.25) is 4.79 Å². The SMILES string of the molecule is CC(=O)O.Cl.N.NO. The van der Waals surface area contributed by atoms with Crippen molar-refractivity contribution in [3.05, 3.63) is 0 Å². The second kappa shape index (κ2) is 30.3. The molecule has 0 spiro atoms. The van der Waals surface area contributed by atoms with Gasteiger partial charge < -0.3 is 16.5 Å². The summed E-state index contributed by atoms with van der Waals surface area (Å²) in [5.74, 6) is 2.67. The molecule has 6 heteroatoms. The van der Waals surface area contributed by atoms with Gasteiger partial charge in [0.15, 0.2) is 0 Å². The molecular formula is C2H11ClN2O3. The van der Waals surface area contributed by atoms with Crippen LogP contribution in [0.4, 0.5) is 0 Å². The van der Waals surface area contributed by atoms with Gasteiger partial charge in [-0.2, -0.15) is 0 Å². The van der Waals surface area contributed by atoms with Crippen molar-refractivity contribution in [2.24, 2.45) is 5.90 Å². The summed E-state index contributed by atoms with van der Waals surface area (Å²) in [7, 11) is 0. The minimum atomic E-state index is -0.833. The van der Waals surface area contributed by atoms with Crippen LogP contribution in [-0.4, -0.2) is 16.3 Å². The van der Waals surface area contributed by atoms with Gasteiger partial charge in [0.25, 0.3) is 5.97 Å². The maximum absolute atomic E-state index is 9.00. The van der Waals surface area contributed by atoms with Gasteiger partial charge in [-0.25, -0.2) is 5.90 Å². The zero-order valence-corrected chi connectivity index (χ0v) is 5.31. The predicted molar refractivity (Wildman–Crippen MR) is 31.6 cm³/mol. The van der Waals surface area contributed by atoms with E-state index in [9.17, 15) is 0 Å². The zero-order chi connectivity index (χ0) is 5.58. The highest BCUT2D eigenvalue weighted by Crippen LogP contribution is 1.42. The number of hydrogen-bond donors (Lipinski definition) is 4. The number of nitrogens with two attached hydrogens (primary N) is 1. The monoisotopic (exact) mass is 146 g/mol. The molecule has 0 unspecified atom stereocenters. The number of carboxylic acid groups (broad SMARTS) is 1. The largest absolute Gasteiger partial charge is 0.481 e. The number of carboxylic acids is 1. The molecule has 0 atom stereocenters. The lowest BCUT2D eigenvalue weighted by Crippen LogP contribution is -1.78. The molecule has 8 heavy (non-hydrogen) atoms. The van der Waals surface area contributed by atoms with E-state index in [-0.39, 0.29) is 18.6 Å². The van der Waals surface area contributed by atoms with Crippen molar-refractivity contribution in [2.45, 2.75) is 6.92 Å². The molecule has 0 fully saturated rings. The average molecular weight is 147 g/mol. The first-order chi connectivity index (χ1) is 2.73. The van der Waals surface area contributed by atoms with Crippen molar-refractivity contribution in [1.82, 2.24) is 6.15 Å². The van der Waals surface area contributed by atoms with Crippen LogP contribution in [0.3, 0.4) is 0 Å². The van der Waals surface area contributed by atoms with Crippen molar-refractivity contribution >= 4 is 18.4 Å². The summed E-state index contributed by atoms with van der Waals surface area (Å²) in [6.07, 6.45) is 0. The number of aliphatic carboxylic acids is 1. The minimum absolute atomic E-state index is 0. The fourth-order valence-electron chi connectivity index (χ4n) is 0. The van der Waals surface area contributed by atoms with Crippen molar-refractivity contribution in [3.8, 4) is 0 Å². The molecule has 0 aliphatic carbocycles. The Morgan fingerprint density at radius 1 is 1.50 bits per heavy atom. The van der Waals surface area contributed by atoms with Gasteiger partial charge in [0.05, 0.1) is 0 Å². The van der Waals surface area contributed by atoms with Crippen LogP contribution in [-0.2, 0) is 4.79 Å². The van der Waals surface area contributed by atoms with Crippen molar-refractivity contribution in [2.75, 3.05) is 0 Å². The molecule has 0 aromatic heterocycles. The first-order valence-corrected chi connectivity index (χ1v) is 1.19. The van der Waals surface area contributed by atoms with E-state index in [1.807, 2.05) is 0 Å². The second-order valence-corrected chi connectivity index (χ2v) is 0.519. The Bertz CT molecular complexity index is 38.3. The van der Waals surface area contributed by atoms with E-state index in [4.69, 9.17) is 15.1 Å². The van der Waals surface area contributed by atoms with Gasteiger partial charge in [-0.05, 0) is 0 Å². The van der Waals surface area contributed by atoms with Crippen molar-refractivity contribution in [3.63, 3.8) is 0 Å². The molecule has 0 aromatic carbocycles. The van der Waals surface area contributed by atoms with Gasteiger partial charge in [-0.1, -0.05) is 0 Å². The van der Waals surface area contributed by atoms with Crippen LogP contribution in [0.2, 0.25) is 0 Å². The lowest BCUT2D eigenvalue weighted by molar-refractivity contribution is -0.134. The number of hydrogen-bond acceptors (Lipinski definition) is 4. The molecule has 0 saturated heterocycles. The van der Waals surface area contributed by atoms with Crippen LogP contribution in [0.15, 0.2) is 0 Å². The van der Waals surface area contributed by atoms with Crippen molar-refractivity contribution in [1.29, 1.82) is 0 Å². The molecule has 0 aromatic rings. The topological polar surface area (TPSA) is 119 Å². The van der Waals surface area contributed by atoms with E-state index in [0.717, 1.165) is 6.92 Å². The molecule has 0 amide bonds. The van der Waals surface area contributed by atoms with Crippen molar-refractivity contribution < 1.29 is 15.1 Å². The molecule has 0 aliphatic heterocycles. The Balaban J connectivity index is -0.0000000183. The summed E-state index contributed by atoms with van der Waals surface area (Å²) in [5, 5.41) is 13.9. The highest BCUT2D eigenvalue weighted by Gasteiger charge is 1.65. The fourth-order valence-corrected chi connectivity index (χ4v) is 0. The van der Waals surface area contributed by atoms with Crippen LogP contribution in [0.25, 0.3) is 0 Å². The van der Waals surface area contributed by atoms with E-state index in [1.165, 1.54) is 0 Å². The Kier molecular flexibility index (Phi) is 96.3. The molecular weight excluding hydrogens is 135 g/mol. The summed E-state index contributed by atoms with van der Waals surface area (Å²) < 4.78 is 0. The third kappa shape index (κ3) is 937. The molecule has 7 N–H and O–H groups in total. The molecule has 0 radical (unpaired) electrons. The molecule has 0 bridgehead atoms. The third-order valence-corrected chi connectivity index (χ3v) is 0. The van der Waals surface area contributed by atoms with E-state index in [1.54, 1.807) is 0 Å². The zero-order valence-electron chi connectivity index (χ0n) is 4.50. The van der Waals surface area contributed by atoms with Crippen LogP contribution in [0.1, 0.15) is 6.92 Å². The van der Waals surface area contributed by atoms with Gasteiger partial charge in [-0.15, -0.1) is 12.4 Å². The smallest absolute Gasteiger partial charge is 0.300 e. The number of halogens is 1. The molecule has 5 nitrogen and oxygen atoms in total. The summed E-state index contributed by atoms with van der Waals surface area (Å²) in [6.45, 7) is 1.08. The lowest BCUT2D eigenvalue weighted by atomic mass is 10.9.